The molecule has 0 N–H and O–H groups in total. The molecular formula is C13H21ClO2. The summed E-state index contributed by atoms with van der Waals surface area (Å²) >= 11 is 5.68. The highest BCUT2D eigenvalue weighted by Crippen LogP contribution is 2.14. The zero-order valence-corrected chi connectivity index (χ0v) is 10.9. The molecule has 92 valence electrons. The number of hydrogen-bond acceptors (Lipinski definition) is 2. The molecule has 0 saturated carbocycles. The Morgan fingerprint density at radius 2 is 2.19 bits per heavy atom. The highest BCUT2D eigenvalue weighted by Gasteiger charge is 2.11. The van der Waals surface area contributed by atoms with Crippen molar-refractivity contribution in [1.82, 2.24) is 0 Å². The van der Waals surface area contributed by atoms with Crippen molar-refractivity contribution in [3.8, 4) is 0 Å². The van der Waals surface area contributed by atoms with Crippen molar-refractivity contribution in [3.63, 3.8) is 0 Å². The number of allylic oxidation sites excluding steroid dienone is 2. The van der Waals surface area contributed by atoms with Gasteiger partial charge in [-0.15, -0.1) is 0 Å². The Bertz CT molecular complexity index is 246. The van der Waals surface area contributed by atoms with Crippen LogP contribution >= 0.6 is 11.6 Å². The van der Waals surface area contributed by atoms with E-state index in [0.29, 0.717) is 12.5 Å². The highest BCUT2D eigenvalue weighted by atomic mass is 35.5. The minimum absolute atomic E-state index is 0.0837. The molecule has 16 heavy (non-hydrogen) atoms. The van der Waals surface area contributed by atoms with Crippen molar-refractivity contribution in [3.05, 3.63) is 23.8 Å². The van der Waals surface area contributed by atoms with Crippen LogP contribution < -0.4 is 0 Å². The van der Waals surface area contributed by atoms with Gasteiger partial charge in [-0.2, -0.15) is 0 Å². The molecule has 0 amide bonds. The Morgan fingerprint density at radius 3 is 2.69 bits per heavy atom. The van der Waals surface area contributed by atoms with Gasteiger partial charge >= 0.3 is 5.97 Å². The maximum absolute atomic E-state index is 11.4. The first-order chi connectivity index (χ1) is 7.65. The molecule has 0 bridgehead atoms. The summed E-state index contributed by atoms with van der Waals surface area (Å²) in [6.07, 6.45) is 7.38. The number of halogens is 1. The molecule has 0 spiro atoms. The Morgan fingerprint density at radius 1 is 1.50 bits per heavy atom. The van der Waals surface area contributed by atoms with Crippen molar-refractivity contribution in [1.29, 1.82) is 0 Å². The average Bonchev–Trinajstić information content (AvgIpc) is 2.29. The average molecular weight is 245 g/mol. The number of unbranched alkanes of at least 4 members (excludes halogenated alkanes) is 1. The first-order valence-corrected chi connectivity index (χ1v) is 6.18. The molecule has 1 unspecified atom stereocenters. The van der Waals surface area contributed by atoms with Crippen molar-refractivity contribution < 1.29 is 9.53 Å². The molecule has 0 heterocycles. The third-order valence-electron chi connectivity index (χ3n) is 2.45. The van der Waals surface area contributed by atoms with Gasteiger partial charge < -0.3 is 4.74 Å². The summed E-state index contributed by atoms with van der Waals surface area (Å²) in [5, 5.41) is 0.0837. The lowest BCUT2D eigenvalue weighted by atomic mass is 10.0. The van der Waals surface area contributed by atoms with Crippen LogP contribution in [-0.4, -0.2) is 12.6 Å². The molecule has 0 aromatic heterocycles. The van der Waals surface area contributed by atoms with E-state index in [1.807, 2.05) is 0 Å². The second-order valence-corrected chi connectivity index (χ2v) is 4.17. The van der Waals surface area contributed by atoms with Gasteiger partial charge in [0.15, 0.2) is 0 Å². The summed E-state index contributed by atoms with van der Waals surface area (Å²) in [5.74, 6) is -0.0198. The summed E-state index contributed by atoms with van der Waals surface area (Å²) in [6.45, 7) is 8.18. The molecule has 0 aliphatic heterocycles. The minimum atomic E-state index is -0.462. The van der Waals surface area contributed by atoms with E-state index >= 15 is 0 Å². The van der Waals surface area contributed by atoms with Crippen LogP contribution in [0.1, 0.15) is 39.5 Å². The molecule has 3 heteroatoms. The SMILES string of the molecule is C=CC=C(Cl)C(=O)OCC(CC)CCCC. The zero-order valence-electron chi connectivity index (χ0n) is 10.2. The number of hydrogen-bond donors (Lipinski definition) is 0. The first-order valence-electron chi connectivity index (χ1n) is 5.81. The largest absolute Gasteiger partial charge is 0.461 e. The van der Waals surface area contributed by atoms with Crippen LogP contribution in [0.5, 0.6) is 0 Å². The maximum atomic E-state index is 11.4. The molecular weight excluding hydrogens is 224 g/mol. The van der Waals surface area contributed by atoms with Gasteiger partial charge in [-0.1, -0.05) is 57.4 Å². The van der Waals surface area contributed by atoms with Crippen LogP contribution in [0.25, 0.3) is 0 Å². The van der Waals surface area contributed by atoms with Crippen LogP contribution in [0.15, 0.2) is 23.8 Å². The fourth-order valence-electron chi connectivity index (χ4n) is 1.33. The minimum Gasteiger partial charge on any atom is -0.461 e. The number of ether oxygens (including phenoxy) is 1. The summed E-state index contributed by atoms with van der Waals surface area (Å²) in [4.78, 5) is 11.4. The molecule has 0 aromatic rings. The lowest BCUT2D eigenvalue weighted by molar-refractivity contribution is -0.139. The van der Waals surface area contributed by atoms with E-state index in [1.165, 1.54) is 25.0 Å². The van der Waals surface area contributed by atoms with Crippen LogP contribution in [0.3, 0.4) is 0 Å². The van der Waals surface area contributed by atoms with Crippen molar-refractivity contribution >= 4 is 17.6 Å². The van der Waals surface area contributed by atoms with E-state index in [-0.39, 0.29) is 5.03 Å². The van der Waals surface area contributed by atoms with Gasteiger partial charge in [0.1, 0.15) is 5.03 Å². The first kappa shape index (κ1) is 15.2. The summed E-state index contributed by atoms with van der Waals surface area (Å²) in [5.41, 5.74) is 0. The van der Waals surface area contributed by atoms with Crippen LogP contribution in [0.2, 0.25) is 0 Å². The van der Waals surface area contributed by atoms with Crippen molar-refractivity contribution in [2.45, 2.75) is 39.5 Å². The molecule has 0 radical (unpaired) electrons. The van der Waals surface area contributed by atoms with Gasteiger partial charge in [-0.25, -0.2) is 4.79 Å². The number of rotatable bonds is 8. The zero-order chi connectivity index (χ0) is 12.4. The summed E-state index contributed by atoms with van der Waals surface area (Å²) in [7, 11) is 0. The lowest BCUT2D eigenvalue weighted by Crippen LogP contribution is -2.13. The predicted molar refractivity (Wildman–Crippen MR) is 68.4 cm³/mol. The van der Waals surface area contributed by atoms with Gasteiger partial charge in [-0.05, 0) is 18.4 Å². The number of carbonyl (C=O) groups is 1. The summed E-state index contributed by atoms with van der Waals surface area (Å²) in [6, 6.07) is 0. The summed E-state index contributed by atoms with van der Waals surface area (Å²) < 4.78 is 5.12. The van der Waals surface area contributed by atoms with Gasteiger partial charge in [0.2, 0.25) is 0 Å². The smallest absolute Gasteiger partial charge is 0.349 e. The second kappa shape index (κ2) is 9.46. The van der Waals surface area contributed by atoms with Crippen LogP contribution in [0.4, 0.5) is 0 Å². The molecule has 0 aliphatic rings. The highest BCUT2D eigenvalue weighted by molar-refractivity contribution is 6.41. The second-order valence-electron chi connectivity index (χ2n) is 3.77. The topological polar surface area (TPSA) is 26.3 Å². The fraction of sp³-hybridized carbons (Fsp3) is 0.615. The third kappa shape index (κ3) is 6.67. The Balaban J connectivity index is 3.96. The van der Waals surface area contributed by atoms with Crippen LogP contribution in [0, 0.1) is 5.92 Å². The van der Waals surface area contributed by atoms with Gasteiger partial charge in [-0.3, -0.25) is 0 Å². The van der Waals surface area contributed by atoms with E-state index in [1.54, 1.807) is 0 Å². The molecule has 0 rings (SSSR count). The lowest BCUT2D eigenvalue weighted by Gasteiger charge is -2.14. The standard InChI is InChI=1S/C13H21ClO2/c1-4-7-9-11(6-3)10-16-13(15)12(14)8-5-2/h5,8,11H,2,4,6-7,9-10H2,1,3H3. The number of esters is 1. The Hall–Kier alpha value is -0.760. The molecule has 0 aliphatic carbocycles. The van der Waals surface area contributed by atoms with E-state index in [4.69, 9.17) is 16.3 Å². The predicted octanol–water partition coefficient (Wildman–Crippen LogP) is 4.05. The van der Waals surface area contributed by atoms with Gasteiger partial charge in [0.05, 0.1) is 6.61 Å². The monoisotopic (exact) mass is 244 g/mol. The third-order valence-corrected chi connectivity index (χ3v) is 2.73. The number of carbonyl (C=O) groups excluding carboxylic acids is 1. The molecule has 0 fully saturated rings. The fourth-order valence-corrected chi connectivity index (χ4v) is 1.48. The molecule has 2 nitrogen and oxygen atoms in total. The van der Waals surface area contributed by atoms with Crippen molar-refractivity contribution in [2.24, 2.45) is 5.92 Å². The van der Waals surface area contributed by atoms with E-state index < -0.39 is 5.97 Å². The quantitative estimate of drug-likeness (QED) is 0.366. The molecule has 1 atom stereocenters. The Labute approximate surface area is 103 Å². The molecule has 0 saturated heterocycles. The van der Waals surface area contributed by atoms with E-state index in [2.05, 4.69) is 20.4 Å². The maximum Gasteiger partial charge on any atom is 0.349 e. The van der Waals surface area contributed by atoms with Crippen molar-refractivity contribution in [2.75, 3.05) is 6.61 Å². The van der Waals surface area contributed by atoms with Gasteiger partial charge in [0.25, 0.3) is 0 Å². The normalized spacial score (nSPS) is 13.3. The van der Waals surface area contributed by atoms with Gasteiger partial charge in [0, 0.05) is 0 Å². The van der Waals surface area contributed by atoms with Crippen LogP contribution in [-0.2, 0) is 9.53 Å². The van der Waals surface area contributed by atoms with E-state index in [0.717, 1.165) is 12.8 Å². The van der Waals surface area contributed by atoms with E-state index in [9.17, 15) is 4.79 Å². The molecule has 0 aromatic carbocycles. The Kier molecular flexibility index (Phi) is 9.02.